The molecule has 82 valence electrons. The fraction of sp³-hybridized carbons (Fsp3) is 0.800. The van der Waals surface area contributed by atoms with Gasteiger partial charge >= 0.3 is 6.03 Å². The lowest BCUT2D eigenvalue weighted by molar-refractivity contribution is 0.249. The van der Waals surface area contributed by atoms with Crippen molar-refractivity contribution in [2.24, 2.45) is 16.8 Å². The molecule has 1 atom stereocenters. The molecule has 0 aromatic carbocycles. The summed E-state index contributed by atoms with van der Waals surface area (Å²) in [7, 11) is 0. The normalized spacial score (nSPS) is 13.8. The van der Waals surface area contributed by atoms with Gasteiger partial charge in [0, 0.05) is 5.71 Å². The van der Waals surface area contributed by atoms with Crippen LogP contribution in [0.15, 0.2) is 5.10 Å². The molecule has 4 nitrogen and oxygen atoms in total. The summed E-state index contributed by atoms with van der Waals surface area (Å²) in [5.74, 6) is 0.460. The van der Waals surface area contributed by atoms with Gasteiger partial charge in [-0.1, -0.05) is 26.7 Å². The number of nitrogens with zero attached hydrogens (tertiary/aromatic N) is 1. The molecule has 0 saturated heterocycles. The highest BCUT2D eigenvalue weighted by molar-refractivity contribution is 5.85. The number of carbonyl (C=O) groups is 1. The van der Waals surface area contributed by atoms with Crippen molar-refractivity contribution in [2.45, 2.75) is 46.5 Å². The number of carbonyl (C=O) groups excluding carboxylic acids is 1. The van der Waals surface area contributed by atoms with Crippen LogP contribution in [0.4, 0.5) is 4.79 Å². The highest BCUT2D eigenvalue weighted by atomic mass is 16.2. The minimum atomic E-state index is -0.602. The first-order chi connectivity index (χ1) is 6.61. The largest absolute Gasteiger partial charge is 0.350 e. The molecule has 0 aromatic heterocycles. The highest BCUT2D eigenvalue weighted by Crippen LogP contribution is 2.14. The van der Waals surface area contributed by atoms with Gasteiger partial charge in [0.2, 0.25) is 0 Å². The number of amides is 2. The van der Waals surface area contributed by atoms with Crippen molar-refractivity contribution in [2.75, 3.05) is 0 Å². The Bertz CT molecular complexity index is 202. The molecular formula is C10H21N3O. The van der Waals surface area contributed by atoms with Crippen LogP contribution in [-0.2, 0) is 0 Å². The van der Waals surface area contributed by atoms with E-state index in [1.165, 1.54) is 12.8 Å². The first-order valence-corrected chi connectivity index (χ1v) is 5.21. The van der Waals surface area contributed by atoms with E-state index in [4.69, 9.17) is 5.73 Å². The van der Waals surface area contributed by atoms with Gasteiger partial charge in [0.15, 0.2) is 0 Å². The van der Waals surface area contributed by atoms with Gasteiger partial charge in [0.1, 0.15) is 0 Å². The molecule has 14 heavy (non-hydrogen) atoms. The van der Waals surface area contributed by atoms with Crippen LogP contribution in [0.5, 0.6) is 0 Å². The van der Waals surface area contributed by atoms with Gasteiger partial charge in [-0.2, -0.15) is 5.10 Å². The number of primary amides is 1. The van der Waals surface area contributed by atoms with Gasteiger partial charge < -0.3 is 5.73 Å². The Balaban J connectivity index is 4.07. The molecule has 3 N–H and O–H groups in total. The van der Waals surface area contributed by atoms with Gasteiger partial charge in [0.05, 0.1) is 0 Å². The summed E-state index contributed by atoms with van der Waals surface area (Å²) in [5, 5.41) is 3.94. The van der Waals surface area contributed by atoms with Crippen LogP contribution < -0.4 is 11.2 Å². The predicted octanol–water partition coefficient (Wildman–Crippen LogP) is 2.25. The van der Waals surface area contributed by atoms with Gasteiger partial charge in [-0.15, -0.1) is 0 Å². The maximum atomic E-state index is 10.4. The van der Waals surface area contributed by atoms with Crippen LogP contribution in [0.1, 0.15) is 46.5 Å². The van der Waals surface area contributed by atoms with E-state index in [9.17, 15) is 4.79 Å². The van der Waals surface area contributed by atoms with E-state index in [0.717, 1.165) is 18.6 Å². The fourth-order valence-electron chi connectivity index (χ4n) is 1.39. The van der Waals surface area contributed by atoms with Crippen molar-refractivity contribution in [3.63, 3.8) is 0 Å². The molecule has 0 fully saturated rings. The van der Waals surface area contributed by atoms with E-state index in [-0.39, 0.29) is 0 Å². The van der Waals surface area contributed by atoms with E-state index in [0.29, 0.717) is 5.92 Å². The lowest BCUT2D eigenvalue weighted by Crippen LogP contribution is -2.26. The highest BCUT2D eigenvalue weighted by Gasteiger charge is 2.09. The maximum absolute atomic E-state index is 10.4. The maximum Gasteiger partial charge on any atom is 0.332 e. The Morgan fingerprint density at radius 3 is 2.57 bits per heavy atom. The van der Waals surface area contributed by atoms with Crippen LogP contribution in [-0.4, -0.2) is 11.7 Å². The van der Waals surface area contributed by atoms with Crippen molar-refractivity contribution < 1.29 is 4.79 Å². The predicted molar refractivity (Wildman–Crippen MR) is 59.1 cm³/mol. The van der Waals surface area contributed by atoms with Crippen molar-refractivity contribution in [1.82, 2.24) is 5.43 Å². The topological polar surface area (TPSA) is 67.5 Å². The van der Waals surface area contributed by atoms with Crippen LogP contribution in [0.2, 0.25) is 0 Å². The number of nitrogens with two attached hydrogens (primary N) is 1. The molecule has 0 saturated carbocycles. The molecule has 0 aromatic rings. The summed E-state index contributed by atoms with van der Waals surface area (Å²) in [6, 6.07) is -0.602. The number of urea groups is 1. The van der Waals surface area contributed by atoms with E-state index in [1.807, 2.05) is 6.92 Å². The molecule has 0 aliphatic heterocycles. The molecule has 0 radical (unpaired) electrons. The third-order valence-corrected chi connectivity index (χ3v) is 2.33. The number of unbranched alkanes of at least 4 members (excludes halogenated alkanes) is 1. The molecule has 0 aliphatic carbocycles. The van der Waals surface area contributed by atoms with Gasteiger partial charge in [-0.3, -0.25) is 0 Å². The molecule has 0 rings (SSSR count). The van der Waals surface area contributed by atoms with Crippen LogP contribution in [0.25, 0.3) is 0 Å². The van der Waals surface area contributed by atoms with Gasteiger partial charge in [-0.25, -0.2) is 10.2 Å². The quantitative estimate of drug-likeness (QED) is 0.500. The zero-order valence-corrected chi connectivity index (χ0v) is 9.34. The second-order valence-electron chi connectivity index (χ2n) is 3.48. The van der Waals surface area contributed by atoms with Crippen molar-refractivity contribution >= 4 is 11.7 Å². The molecule has 0 spiro atoms. The zero-order valence-electron chi connectivity index (χ0n) is 9.34. The van der Waals surface area contributed by atoms with Gasteiger partial charge in [-0.05, 0) is 25.7 Å². The number of hydrogen-bond donors (Lipinski definition) is 2. The number of hydrazone groups is 1. The third kappa shape index (κ3) is 5.56. The Morgan fingerprint density at radius 2 is 2.14 bits per heavy atom. The minimum absolute atomic E-state index is 0.460. The SMILES string of the molecule is CCCC[C@H](CC)/C(C)=N/NC(N)=O. The zero-order chi connectivity index (χ0) is 11.0. The smallest absolute Gasteiger partial charge is 0.332 e. The third-order valence-electron chi connectivity index (χ3n) is 2.33. The first-order valence-electron chi connectivity index (χ1n) is 5.21. The Kier molecular flexibility index (Phi) is 6.80. The average molecular weight is 199 g/mol. The standard InChI is InChI=1S/C10H21N3O/c1-4-6-7-9(5-2)8(3)12-13-10(11)14/h9H,4-7H2,1-3H3,(H3,11,13,14)/b12-8+/t9-/m0/s1. The second kappa shape index (κ2) is 7.35. The average Bonchev–Trinajstić information content (AvgIpc) is 2.16. The Morgan fingerprint density at radius 1 is 1.50 bits per heavy atom. The number of nitrogens with one attached hydrogen (secondary N) is 1. The Hall–Kier alpha value is -1.06. The van der Waals surface area contributed by atoms with Crippen LogP contribution >= 0.6 is 0 Å². The van der Waals surface area contributed by atoms with Crippen LogP contribution in [0.3, 0.4) is 0 Å². The second-order valence-corrected chi connectivity index (χ2v) is 3.48. The minimum Gasteiger partial charge on any atom is -0.350 e. The van der Waals surface area contributed by atoms with E-state index >= 15 is 0 Å². The molecule has 0 heterocycles. The number of hydrogen-bond acceptors (Lipinski definition) is 2. The van der Waals surface area contributed by atoms with Crippen LogP contribution in [0, 0.1) is 5.92 Å². The van der Waals surface area contributed by atoms with Crippen molar-refractivity contribution in [1.29, 1.82) is 0 Å². The lowest BCUT2D eigenvalue weighted by atomic mass is 9.95. The van der Waals surface area contributed by atoms with E-state index < -0.39 is 6.03 Å². The fourth-order valence-corrected chi connectivity index (χ4v) is 1.39. The molecule has 0 bridgehead atoms. The molecule has 4 heteroatoms. The summed E-state index contributed by atoms with van der Waals surface area (Å²) >= 11 is 0. The first kappa shape index (κ1) is 12.9. The van der Waals surface area contributed by atoms with E-state index in [1.54, 1.807) is 0 Å². The van der Waals surface area contributed by atoms with Gasteiger partial charge in [0.25, 0.3) is 0 Å². The number of rotatable bonds is 6. The van der Waals surface area contributed by atoms with E-state index in [2.05, 4.69) is 24.4 Å². The Labute approximate surface area is 85.9 Å². The summed E-state index contributed by atoms with van der Waals surface area (Å²) < 4.78 is 0. The molecule has 0 unspecified atom stereocenters. The molecule has 2 amide bonds. The summed E-state index contributed by atoms with van der Waals surface area (Å²) in [6.07, 6.45) is 4.56. The summed E-state index contributed by atoms with van der Waals surface area (Å²) in [6.45, 7) is 6.23. The lowest BCUT2D eigenvalue weighted by Gasteiger charge is -2.13. The van der Waals surface area contributed by atoms with Crippen molar-refractivity contribution in [3.05, 3.63) is 0 Å². The van der Waals surface area contributed by atoms with Crippen molar-refractivity contribution in [3.8, 4) is 0 Å². The molecule has 0 aliphatic rings. The molecular weight excluding hydrogens is 178 g/mol. The summed E-state index contributed by atoms with van der Waals surface area (Å²) in [5.41, 5.74) is 8.15. The summed E-state index contributed by atoms with van der Waals surface area (Å²) in [4.78, 5) is 10.4. The monoisotopic (exact) mass is 199 g/mol.